The first-order valence-corrected chi connectivity index (χ1v) is 17.6. The Hall–Kier alpha value is -5.48. The molecule has 1 fully saturated rings. The van der Waals surface area contributed by atoms with Gasteiger partial charge in [-0.25, -0.2) is 5.43 Å². The summed E-state index contributed by atoms with van der Waals surface area (Å²) in [4.78, 5) is 75.6. The first-order chi connectivity index (χ1) is 25.8. The van der Waals surface area contributed by atoms with Crippen molar-refractivity contribution in [3.8, 4) is 11.1 Å². The molecule has 0 aromatic heterocycles. The highest BCUT2D eigenvalue weighted by Crippen LogP contribution is 2.32. The minimum absolute atomic E-state index is 0.0564. The first-order valence-electron chi connectivity index (χ1n) is 17.6. The summed E-state index contributed by atoms with van der Waals surface area (Å²) in [6.07, 6.45) is 1.06. The van der Waals surface area contributed by atoms with Crippen LogP contribution in [0.1, 0.15) is 67.6 Å². The van der Waals surface area contributed by atoms with Crippen LogP contribution in [0.5, 0.6) is 0 Å². The quantitative estimate of drug-likeness (QED) is 0.0651. The van der Waals surface area contributed by atoms with E-state index in [1.165, 1.54) is 0 Å². The van der Waals surface area contributed by atoms with Gasteiger partial charge in [0.1, 0.15) is 6.04 Å². The lowest BCUT2D eigenvalue weighted by molar-refractivity contribution is -0.136. The van der Waals surface area contributed by atoms with E-state index < -0.39 is 29.7 Å². The lowest BCUT2D eigenvalue weighted by Gasteiger charge is -2.27. The summed E-state index contributed by atoms with van der Waals surface area (Å²) in [6, 6.07) is 18.3. The number of hydrazine groups is 1. The fraction of sp³-hybridized carbons (Fsp3) is 0.368. The fourth-order valence-corrected chi connectivity index (χ4v) is 5.77. The number of imide groups is 2. The van der Waals surface area contributed by atoms with Crippen LogP contribution >= 0.6 is 0 Å². The van der Waals surface area contributed by atoms with Crippen molar-refractivity contribution in [3.05, 3.63) is 89.0 Å². The van der Waals surface area contributed by atoms with Crippen LogP contribution in [-0.4, -0.2) is 106 Å². The van der Waals surface area contributed by atoms with Gasteiger partial charge < -0.3 is 24.8 Å². The molecule has 15 nitrogen and oxygen atoms in total. The van der Waals surface area contributed by atoms with Crippen LogP contribution in [0.3, 0.4) is 0 Å². The highest BCUT2D eigenvalue weighted by atomic mass is 16.5. The molecule has 0 saturated carbocycles. The topological polar surface area (TPSA) is 194 Å². The Morgan fingerprint density at radius 1 is 0.736 bits per heavy atom. The van der Waals surface area contributed by atoms with Crippen molar-refractivity contribution in [1.29, 1.82) is 0 Å². The van der Waals surface area contributed by atoms with Gasteiger partial charge in [-0.3, -0.25) is 44.4 Å². The molecule has 1 saturated heterocycles. The van der Waals surface area contributed by atoms with Gasteiger partial charge in [-0.05, 0) is 60.4 Å². The van der Waals surface area contributed by atoms with Crippen LogP contribution < -0.4 is 26.8 Å². The van der Waals surface area contributed by atoms with E-state index in [4.69, 9.17) is 14.2 Å². The second-order valence-corrected chi connectivity index (χ2v) is 12.2. The van der Waals surface area contributed by atoms with E-state index in [0.29, 0.717) is 76.1 Å². The van der Waals surface area contributed by atoms with Gasteiger partial charge in [-0.1, -0.05) is 37.3 Å². The molecular formula is C38H44N6O9. The smallest absolute Gasteiger partial charge is 0.265 e. The average Bonchev–Trinajstić information content (AvgIpc) is 3.42. The summed E-state index contributed by atoms with van der Waals surface area (Å²) in [5.74, 6) is -2.61. The van der Waals surface area contributed by atoms with Gasteiger partial charge in [0.2, 0.25) is 11.8 Å². The summed E-state index contributed by atoms with van der Waals surface area (Å²) in [6.45, 7) is 5.45. The average molecular weight is 729 g/mol. The Balaban J connectivity index is 0.898. The van der Waals surface area contributed by atoms with Crippen LogP contribution in [0.4, 0.5) is 5.69 Å². The normalized spacial score (nSPS) is 15.3. The molecule has 2 aliphatic rings. The number of hydrogen-bond acceptors (Lipinski definition) is 11. The number of rotatable bonds is 20. The summed E-state index contributed by atoms with van der Waals surface area (Å²) < 4.78 is 16.7. The van der Waals surface area contributed by atoms with Gasteiger partial charge in [-0.2, -0.15) is 0 Å². The number of fused-ring (bicyclic) bond motifs is 1. The number of carbonyl (C=O) groups is 6. The summed E-state index contributed by atoms with van der Waals surface area (Å²) in [5.41, 5.74) is 9.33. The van der Waals surface area contributed by atoms with Crippen LogP contribution in [0, 0.1) is 0 Å². The van der Waals surface area contributed by atoms with Crippen molar-refractivity contribution < 1.29 is 43.0 Å². The Labute approximate surface area is 307 Å². The van der Waals surface area contributed by atoms with Crippen LogP contribution in [-0.2, 0) is 23.8 Å². The summed E-state index contributed by atoms with van der Waals surface area (Å²) in [7, 11) is 0. The van der Waals surface area contributed by atoms with Crippen molar-refractivity contribution >= 4 is 41.1 Å². The van der Waals surface area contributed by atoms with Gasteiger partial charge >= 0.3 is 0 Å². The molecule has 5 N–H and O–H groups in total. The van der Waals surface area contributed by atoms with Crippen molar-refractivity contribution in [1.82, 2.24) is 26.4 Å². The third kappa shape index (κ3) is 10.3. The number of hydrogen-bond donors (Lipinski definition) is 5. The monoisotopic (exact) mass is 728 g/mol. The SMILES string of the molecule is CCCNNC(=O)c1ccc(-c2ccc(C(=O)NCCOCCOCCOCCNc3cccc4c3C(=O)N(C3CCC(=O)NC3=O)C4=O)cc2)cc1. The Morgan fingerprint density at radius 3 is 1.96 bits per heavy atom. The molecule has 53 heavy (non-hydrogen) atoms. The molecule has 0 spiro atoms. The third-order valence-electron chi connectivity index (χ3n) is 8.51. The lowest BCUT2D eigenvalue weighted by Crippen LogP contribution is -2.54. The molecular weight excluding hydrogens is 684 g/mol. The molecule has 3 aromatic carbocycles. The van der Waals surface area contributed by atoms with Crippen LogP contribution in [0.2, 0.25) is 0 Å². The minimum atomic E-state index is -1.02. The molecule has 15 heteroatoms. The molecule has 1 unspecified atom stereocenters. The van der Waals surface area contributed by atoms with E-state index in [9.17, 15) is 28.8 Å². The zero-order chi connectivity index (χ0) is 37.6. The molecule has 5 rings (SSSR count). The predicted molar refractivity (Wildman–Crippen MR) is 194 cm³/mol. The molecule has 2 aliphatic heterocycles. The Morgan fingerprint density at radius 2 is 1.34 bits per heavy atom. The van der Waals surface area contributed by atoms with E-state index in [1.54, 1.807) is 42.5 Å². The van der Waals surface area contributed by atoms with Crippen molar-refractivity contribution in [2.24, 2.45) is 0 Å². The van der Waals surface area contributed by atoms with E-state index in [2.05, 4.69) is 26.8 Å². The number of carbonyl (C=O) groups excluding carboxylic acids is 6. The largest absolute Gasteiger partial charge is 0.382 e. The van der Waals surface area contributed by atoms with Gasteiger partial charge in [0.05, 0.1) is 50.8 Å². The summed E-state index contributed by atoms with van der Waals surface area (Å²) >= 11 is 0. The highest BCUT2D eigenvalue weighted by Gasteiger charge is 2.45. The lowest BCUT2D eigenvalue weighted by atomic mass is 10.0. The maximum Gasteiger partial charge on any atom is 0.265 e. The maximum atomic E-state index is 13.2. The fourth-order valence-electron chi connectivity index (χ4n) is 5.77. The zero-order valence-corrected chi connectivity index (χ0v) is 29.5. The second kappa shape index (κ2) is 19.4. The van der Waals surface area contributed by atoms with Crippen LogP contribution in [0.25, 0.3) is 11.1 Å². The predicted octanol–water partition coefficient (Wildman–Crippen LogP) is 2.29. The molecule has 0 radical (unpaired) electrons. The number of benzene rings is 3. The van der Waals surface area contributed by atoms with E-state index in [-0.39, 0.29) is 35.8 Å². The van der Waals surface area contributed by atoms with Crippen LogP contribution in [0.15, 0.2) is 66.7 Å². The van der Waals surface area contributed by atoms with Gasteiger partial charge in [0.15, 0.2) is 0 Å². The molecule has 6 amide bonds. The van der Waals surface area contributed by atoms with E-state index in [1.807, 2.05) is 31.2 Å². The Kier molecular flexibility index (Phi) is 14.2. The molecule has 2 heterocycles. The first kappa shape index (κ1) is 38.7. The molecule has 0 bridgehead atoms. The van der Waals surface area contributed by atoms with Gasteiger partial charge in [0, 0.05) is 42.9 Å². The minimum Gasteiger partial charge on any atom is -0.382 e. The molecule has 0 aliphatic carbocycles. The maximum absolute atomic E-state index is 13.2. The number of piperidine rings is 1. The number of nitrogens with one attached hydrogen (secondary N) is 5. The highest BCUT2D eigenvalue weighted by molar-refractivity contribution is 6.25. The Bertz CT molecular complexity index is 1780. The number of amides is 6. The standard InChI is InChI=1S/C38H44N6O9/c1-2-16-41-43-35(47)28-12-8-26(9-13-28)25-6-10-27(11-7-25)34(46)40-18-20-52-22-24-53-23-21-51-19-17-39-30-5-3-4-29-33(30)38(50)44(37(29)49)31-14-15-32(45)42-36(31)48/h3-13,31,39,41H,2,14-24H2,1H3,(H,40,46)(H,43,47)(H,42,45,48). The second-order valence-electron chi connectivity index (χ2n) is 12.2. The van der Waals surface area contributed by atoms with Crippen molar-refractivity contribution in [3.63, 3.8) is 0 Å². The molecule has 3 aromatic rings. The van der Waals surface area contributed by atoms with Gasteiger partial charge in [-0.15, -0.1) is 0 Å². The van der Waals surface area contributed by atoms with E-state index in [0.717, 1.165) is 22.4 Å². The van der Waals surface area contributed by atoms with Gasteiger partial charge in [0.25, 0.3) is 23.6 Å². The number of nitrogens with zero attached hydrogens (tertiary/aromatic N) is 1. The third-order valence-corrected chi connectivity index (χ3v) is 8.51. The van der Waals surface area contributed by atoms with Crippen molar-refractivity contribution in [2.45, 2.75) is 32.2 Å². The zero-order valence-electron chi connectivity index (χ0n) is 29.5. The van der Waals surface area contributed by atoms with Crippen molar-refractivity contribution in [2.75, 3.05) is 64.6 Å². The number of ether oxygens (including phenoxy) is 3. The molecule has 280 valence electrons. The summed E-state index contributed by atoms with van der Waals surface area (Å²) in [5, 5.41) is 8.15. The molecule has 1 atom stereocenters. The van der Waals surface area contributed by atoms with E-state index >= 15 is 0 Å². The number of anilines is 1.